The maximum atomic E-state index is 12.5. The van der Waals surface area contributed by atoms with Gasteiger partial charge in [0, 0.05) is 13.1 Å². The molecule has 0 aromatic heterocycles. The third-order valence-corrected chi connectivity index (χ3v) is 5.26. The van der Waals surface area contributed by atoms with Gasteiger partial charge in [-0.1, -0.05) is 35.5 Å². The van der Waals surface area contributed by atoms with E-state index >= 15 is 0 Å². The van der Waals surface area contributed by atoms with Crippen LogP contribution in [0.3, 0.4) is 0 Å². The second kappa shape index (κ2) is 7.76. The Balaban J connectivity index is 1.65. The lowest BCUT2D eigenvalue weighted by atomic mass is 10.2. The van der Waals surface area contributed by atoms with Crippen LogP contribution < -0.4 is 4.90 Å². The number of hydrogen-bond acceptors (Lipinski definition) is 5. The van der Waals surface area contributed by atoms with E-state index < -0.39 is 0 Å². The first-order chi connectivity index (χ1) is 12.0. The van der Waals surface area contributed by atoms with E-state index in [1.54, 1.807) is 18.2 Å². The van der Waals surface area contributed by atoms with Crippen molar-refractivity contribution in [3.63, 3.8) is 0 Å². The first kappa shape index (κ1) is 18.2. The number of morpholine rings is 1. The average Bonchev–Trinajstić information content (AvgIpc) is 2.93. The lowest BCUT2D eigenvalue weighted by molar-refractivity contribution is -0.140. The standard InChI is InChI=1S/C17H20ClN3O3S/c1-11-8-20(9-12(2)24-11)16(23)10-25-17-19-7-15(22)21(17)14-6-4-3-5-13(14)18/h3-6,11-12H,7-10H2,1-2H3/t11-,12+. The highest BCUT2D eigenvalue weighted by molar-refractivity contribution is 8.14. The number of halogens is 1. The number of thioether (sulfide) groups is 1. The summed E-state index contributed by atoms with van der Waals surface area (Å²) in [7, 11) is 0. The lowest BCUT2D eigenvalue weighted by Gasteiger charge is -2.35. The minimum atomic E-state index is -0.142. The van der Waals surface area contributed by atoms with Gasteiger partial charge in [-0.2, -0.15) is 0 Å². The molecule has 1 aromatic rings. The van der Waals surface area contributed by atoms with Gasteiger partial charge in [-0.3, -0.25) is 19.5 Å². The predicted molar refractivity (Wildman–Crippen MR) is 100 cm³/mol. The molecule has 2 heterocycles. The fourth-order valence-corrected chi connectivity index (χ4v) is 4.10. The number of nitrogens with zero attached hydrogens (tertiary/aromatic N) is 3. The summed E-state index contributed by atoms with van der Waals surface area (Å²) in [5.41, 5.74) is 0.596. The molecule has 0 radical (unpaired) electrons. The van der Waals surface area contributed by atoms with Crippen molar-refractivity contribution in [2.75, 3.05) is 30.3 Å². The Labute approximate surface area is 156 Å². The largest absolute Gasteiger partial charge is 0.372 e. The van der Waals surface area contributed by atoms with Crippen LogP contribution >= 0.6 is 23.4 Å². The molecule has 134 valence electrons. The van der Waals surface area contributed by atoms with Crippen LogP contribution in [0.4, 0.5) is 5.69 Å². The van der Waals surface area contributed by atoms with E-state index in [1.807, 2.05) is 24.8 Å². The predicted octanol–water partition coefficient (Wildman–Crippen LogP) is 2.41. The van der Waals surface area contributed by atoms with Crippen LogP contribution in [0.15, 0.2) is 29.3 Å². The number of amides is 2. The van der Waals surface area contributed by atoms with Crippen molar-refractivity contribution in [1.82, 2.24) is 4.90 Å². The summed E-state index contributed by atoms with van der Waals surface area (Å²) in [5, 5.41) is 0.994. The monoisotopic (exact) mass is 381 g/mol. The summed E-state index contributed by atoms with van der Waals surface area (Å²) in [6.07, 6.45) is 0.0606. The Morgan fingerprint density at radius 3 is 2.68 bits per heavy atom. The number of aliphatic imine (C=N–C) groups is 1. The molecule has 6 nitrogen and oxygen atoms in total. The normalized spacial score (nSPS) is 23.8. The van der Waals surface area contributed by atoms with Crippen molar-refractivity contribution in [2.24, 2.45) is 4.99 Å². The van der Waals surface area contributed by atoms with Crippen LogP contribution in [-0.4, -0.2) is 59.5 Å². The van der Waals surface area contributed by atoms with E-state index in [9.17, 15) is 9.59 Å². The van der Waals surface area contributed by atoms with Gasteiger partial charge >= 0.3 is 0 Å². The summed E-state index contributed by atoms with van der Waals surface area (Å²) in [6.45, 7) is 5.17. The fourth-order valence-electron chi connectivity index (χ4n) is 2.96. The Morgan fingerprint density at radius 2 is 2.00 bits per heavy atom. The number of ether oxygens (including phenoxy) is 1. The summed E-state index contributed by atoms with van der Waals surface area (Å²) >= 11 is 7.47. The number of benzene rings is 1. The van der Waals surface area contributed by atoms with Crippen molar-refractivity contribution in [2.45, 2.75) is 26.1 Å². The first-order valence-corrected chi connectivity index (χ1v) is 9.50. The van der Waals surface area contributed by atoms with E-state index in [2.05, 4.69) is 4.99 Å². The van der Waals surface area contributed by atoms with Crippen molar-refractivity contribution in [3.05, 3.63) is 29.3 Å². The van der Waals surface area contributed by atoms with Gasteiger partial charge in [-0.15, -0.1) is 0 Å². The summed E-state index contributed by atoms with van der Waals surface area (Å²) < 4.78 is 5.65. The molecular formula is C17H20ClN3O3S. The molecule has 2 aliphatic rings. The lowest BCUT2D eigenvalue weighted by Crippen LogP contribution is -2.49. The van der Waals surface area contributed by atoms with E-state index in [4.69, 9.17) is 16.3 Å². The van der Waals surface area contributed by atoms with Gasteiger partial charge in [-0.25, -0.2) is 0 Å². The van der Waals surface area contributed by atoms with E-state index in [1.165, 1.54) is 16.7 Å². The van der Waals surface area contributed by atoms with Gasteiger partial charge in [0.15, 0.2) is 5.17 Å². The van der Waals surface area contributed by atoms with Crippen LogP contribution in [0.25, 0.3) is 0 Å². The minimum absolute atomic E-state index is 0.0214. The van der Waals surface area contributed by atoms with Crippen molar-refractivity contribution in [1.29, 1.82) is 0 Å². The molecule has 8 heteroatoms. The number of carbonyl (C=O) groups is 2. The van der Waals surface area contributed by atoms with Gasteiger partial charge in [0.1, 0.15) is 6.54 Å². The Hall–Kier alpha value is -1.57. The molecule has 2 aliphatic heterocycles. The number of hydrogen-bond donors (Lipinski definition) is 0. The Morgan fingerprint density at radius 1 is 1.32 bits per heavy atom. The molecule has 1 aromatic carbocycles. The van der Waals surface area contributed by atoms with Crippen LogP contribution in [0, 0.1) is 0 Å². The zero-order chi connectivity index (χ0) is 18.0. The van der Waals surface area contributed by atoms with Gasteiger partial charge in [-0.05, 0) is 26.0 Å². The average molecular weight is 382 g/mol. The van der Waals surface area contributed by atoms with E-state index in [0.29, 0.717) is 29.0 Å². The first-order valence-electron chi connectivity index (χ1n) is 8.13. The highest BCUT2D eigenvalue weighted by Crippen LogP contribution is 2.30. The molecule has 0 aliphatic carbocycles. The van der Waals surface area contributed by atoms with Gasteiger partial charge in [0.05, 0.1) is 28.7 Å². The molecule has 3 rings (SSSR count). The maximum Gasteiger partial charge on any atom is 0.254 e. The molecular weight excluding hydrogens is 362 g/mol. The SMILES string of the molecule is C[C@@H]1CN(C(=O)CSC2=NCC(=O)N2c2ccccc2Cl)C[C@H](C)O1. The minimum Gasteiger partial charge on any atom is -0.372 e. The van der Waals surface area contributed by atoms with Gasteiger partial charge < -0.3 is 9.64 Å². The summed E-state index contributed by atoms with van der Waals surface area (Å²) in [5.74, 6) is 0.108. The number of carbonyl (C=O) groups excluding carboxylic acids is 2. The third kappa shape index (κ3) is 4.16. The molecule has 2 amide bonds. The smallest absolute Gasteiger partial charge is 0.254 e. The highest BCUT2D eigenvalue weighted by atomic mass is 35.5. The van der Waals surface area contributed by atoms with Crippen LogP contribution in [0.1, 0.15) is 13.8 Å². The zero-order valence-electron chi connectivity index (χ0n) is 14.1. The van der Waals surface area contributed by atoms with Gasteiger partial charge in [0.25, 0.3) is 5.91 Å². The van der Waals surface area contributed by atoms with Crippen LogP contribution in [-0.2, 0) is 14.3 Å². The number of para-hydroxylation sites is 1. The van der Waals surface area contributed by atoms with Crippen molar-refractivity contribution >= 4 is 46.0 Å². The Kier molecular flexibility index (Phi) is 5.66. The molecule has 0 bridgehead atoms. The van der Waals surface area contributed by atoms with Gasteiger partial charge in [0.2, 0.25) is 5.91 Å². The molecule has 1 fully saturated rings. The molecule has 25 heavy (non-hydrogen) atoms. The van der Waals surface area contributed by atoms with Crippen LogP contribution in [0.5, 0.6) is 0 Å². The second-order valence-corrected chi connectivity index (χ2v) is 7.47. The molecule has 0 N–H and O–H groups in total. The maximum absolute atomic E-state index is 12.5. The van der Waals surface area contributed by atoms with Crippen molar-refractivity contribution < 1.29 is 14.3 Å². The molecule has 2 atom stereocenters. The molecule has 0 saturated carbocycles. The summed E-state index contributed by atoms with van der Waals surface area (Å²) in [6, 6.07) is 7.12. The molecule has 1 saturated heterocycles. The number of anilines is 1. The fraction of sp³-hybridized carbons (Fsp3) is 0.471. The van der Waals surface area contributed by atoms with E-state index in [-0.39, 0.29) is 36.3 Å². The topological polar surface area (TPSA) is 62.2 Å². The van der Waals surface area contributed by atoms with Crippen LogP contribution in [0.2, 0.25) is 5.02 Å². The number of rotatable bonds is 3. The molecule has 0 unspecified atom stereocenters. The summed E-state index contributed by atoms with van der Waals surface area (Å²) in [4.78, 5) is 32.3. The number of amidine groups is 1. The highest BCUT2D eigenvalue weighted by Gasteiger charge is 2.31. The second-order valence-electron chi connectivity index (χ2n) is 6.12. The zero-order valence-corrected chi connectivity index (χ0v) is 15.7. The third-order valence-electron chi connectivity index (χ3n) is 3.98. The Bertz CT molecular complexity index is 702. The molecule has 0 spiro atoms. The quantitative estimate of drug-likeness (QED) is 0.806. The van der Waals surface area contributed by atoms with Crippen molar-refractivity contribution in [3.8, 4) is 0 Å². The van der Waals surface area contributed by atoms with E-state index in [0.717, 1.165) is 0 Å².